The molecule has 1 aromatic rings. The second kappa shape index (κ2) is 5.50. The molecule has 4 nitrogen and oxygen atoms in total. The van der Waals surface area contributed by atoms with Gasteiger partial charge in [0.05, 0.1) is 0 Å². The van der Waals surface area contributed by atoms with Crippen LogP contribution in [0.5, 0.6) is 11.5 Å². The minimum absolute atomic E-state index is 0.0880. The predicted molar refractivity (Wildman–Crippen MR) is 60.5 cm³/mol. The number of rotatable bonds is 1. The van der Waals surface area contributed by atoms with Crippen LogP contribution in [0.25, 0.3) is 0 Å². The lowest BCUT2D eigenvalue weighted by molar-refractivity contribution is -0.138. The molecule has 1 rings (SSSR count). The average Bonchev–Trinajstić information content (AvgIpc) is 2.02. The predicted octanol–water partition coefficient (Wildman–Crippen LogP) is 1.88. The summed E-state index contributed by atoms with van der Waals surface area (Å²) >= 11 is 3.75. The summed E-state index contributed by atoms with van der Waals surface area (Å²) in [6.45, 7) is 3.05. The Morgan fingerprint density at radius 3 is 1.73 bits per heavy atom. The summed E-state index contributed by atoms with van der Waals surface area (Å²) in [4.78, 5) is 9.94. The first-order valence-electron chi connectivity index (χ1n) is 4.17. The highest BCUT2D eigenvalue weighted by molar-refractivity contribution is 7.82. The third kappa shape index (κ3) is 6.68. The molecule has 15 heavy (non-hydrogen) atoms. The minimum Gasteiger partial charge on any atom is -0.508 e. The maximum absolute atomic E-state index is 9.94. The minimum atomic E-state index is -0.893. The highest BCUT2D eigenvalue weighted by atomic mass is 32.1. The number of aliphatic carboxylic acids is 1. The van der Waals surface area contributed by atoms with Gasteiger partial charge in [-0.05, 0) is 26.0 Å². The van der Waals surface area contributed by atoms with Crippen molar-refractivity contribution in [1.29, 1.82) is 0 Å². The average molecular weight is 230 g/mol. The standard InChI is InChI=1S/C6H6O2.C4H8O2S/c7-5-2-1-3-6(8)4-5;1-4(2,7)3(5)6/h1-4,7-8H;7H,1-2H3,(H,5,6). The van der Waals surface area contributed by atoms with Crippen LogP contribution in [0.4, 0.5) is 0 Å². The molecular formula is C10H14O4S. The molecule has 0 aliphatic rings. The van der Waals surface area contributed by atoms with Crippen LogP contribution in [-0.4, -0.2) is 26.0 Å². The van der Waals surface area contributed by atoms with Crippen LogP contribution in [0, 0.1) is 0 Å². The summed E-state index contributed by atoms with van der Waals surface area (Å²) < 4.78 is -0.889. The quantitative estimate of drug-likeness (QED) is 0.555. The van der Waals surface area contributed by atoms with Crippen molar-refractivity contribution in [3.8, 4) is 11.5 Å². The summed E-state index contributed by atoms with van der Waals surface area (Å²) in [5.74, 6) is -0.717. The van der Waals surface area contributed by atoms with Crippen LogP contribution in [0.15, 0.2) is 24.3 Å². The van der Waals surface area contributed by atoms with Crippen LogP contribution >= 0.6 is 12.6 Å². The van der Waals surface area contributed by atoms with E-state index in [1.165, 1.54) is 32.0 Å². The molecule has 0 aromatic heterocycles. The van der Waals surface area contributed by atoms with E-state index >= 15 is 0 Å². The van der Waals surface area contributed by atoms with Crippen molar-refractivity contribution in [3.63, 3.8) is 0 Å². The smallest absolute Gasteiger partial charge is 0.318 e. The van der Waals surface area contributed by atoms with Crippen LogP contribution in [0.1, 0.15) is 13.8 Å². The Morgan fingerprint density at radius 2 is 1.60 bits per heavy atom. The van der Waals surface area contributed by atoms with Gasteiger partial charge in [-0.3, -0.25) is 4.79 Å². The van der Waals surface area contributed by atoms with E-state index in [0.717, 1.165) is 0 Å². The summed E-state index contributed by atoms with van der Waals surface area (Å²) in [5.41, 5.74) is 0. The summed E-state index contributed by atoms with van der Waals surface area (Å²) in [7, 11) is 0. The van der Waals surface area contributed by atoms with Crippen molar-refractivity contribution < 1.29 is 20.1 Å². The molecule has 0 heterocycles. The molecule has 0 saturated heterocycles. The third-order valence-electron chi connectivity index (χ3n) is 1.35. The molecule has 0 fully saturated rings. The van der Waals surface area contributed by atoms with Gasteiger partial charge in [-0.1, -0.05) is 6.07 Å². The van der Waals surface area contributed by atoms with E-state index in [4.69, 9.17) is 15.3 Å². The molecule has 0 unspecified atom stereocenters. The first kappa shape index (κ1) is 13.6. The third-order valence-corrected chi connectivity index (χ3v) is 1.54. The number of aromatic hydroxyl groups is 2. The lowest BCUT2D eigenvalue weighted by Crippen LogP contribution is -2.23. The molecule has 1 aromatic carbocycles. The normalized spacial score (nSPS) is 10.1. The number of benzene rings is 1. The van der Waals surface area contributed by atoms with Crippen molar-refractivity contribution in [3.05, 3.63) is 24.3 Å². The molecule has 0 aliphatic heterocycles. The Morgan fingerprint density at radius 1 is 1.27 bits per heavy atom. The highest BCUT2D eigenvalue weighted by Gasteiger charge is 2.20. The second-order valence-electron chi connectivity index (χ2n) is 3.38. The van der Waals surface area contributed by atoms with Gasteiger partial charge in [0.2, 0.25) is 0 Å². The van der Waals surface area contributed by atoms with E-state index in [2.05, 4.69) is 12.6 Å². The van der Waals surface area contributed by atoms with Gasteiger partial charge in [0.25, 0.3) is 0 Å². The second-order valence-corrected chi connectivity index (χ2v) is 4.50. The number of hydrogen-bond donors (Lipinski definition) is 4. The van der Waals surface area contributed by atoms with Crippen molar-refractivity contribution >= 4 is 18.6 Å². The number of phenols is 2. The lowest BCUT2D eigenvalue weighted by atomic mass is 10.2. The number of phenolic OH excluding ortho intramolecular Hbond substituents is 2. The van der Waals surface area contributed by atoms with Crippen molar-refractivity contribution in [2.45, 2.75) is 18.6 Å². The van der Waals surface area contributed by atoms with E-state index < -0.39 is 10.7 Å². The van der Waals surface area contributed by atoms with Gasteiger partial charge in [-0.25, -0.2) is 0 Å². The van der Waals surface area contributed by atoms with Gasteiger partial charge in [0.1, 0.15) is 16.2 Å². The molecule has 0 saturated carbocycles. The monoisotopic (exact) mass is 230 g/mol. The van der Waals surface area contributed by atoms with Gasteiger partial charge >= 0.3 is 5.97 Å². The Kier molecular flexibility index (Phi) is 5.00. The maximum atomic E-state index is 9.94. The van der Waals surface area contributed by atoms with Gasteiger partial charge in [0.15, 0.2) is 0 Å². The van der Waals surface area contributed by atoms with Crippen molar-refractivity contribution in [1.82, 2.24) is 0 Å². The molecular weight excluding hydrogens is 216 g/mol. The molecule has 0 spiro atoms. The van der Waals surface area contributed by atoms with Gasteiger partial charge < -0.3 is 15.3 Å². The zero-order valence-electron chi connectivity index (χ0n) is 8.51. The number of hydrogen-bond acceptors (Lipinski definition) is 4. The van der Waals surface area contributed by atoms with Crippen LogP contribution in [-0.2, 0) is 4.79 Å². The number of carbonyl (C=O) groups is 1. The first-order chi connectivity index (χ1) is 6.73. The van der Waals surface area contributed by atoms with E-state index in [0.29, 0.717) is 0 Å². The Hall–Kier alpha value is -1.36. The van der Waals surface area contributed by atoms with Gasteiger partial charge in [-0.15, -0.1) is 0 Å². The fraction of sp³-hybridized carbons (Fsp3) is 0.300. The maximum Gasteiger partial charge on any atom is 0.318 e. The number of thiol groups is 1. The Balaban J connectivity index is 0.000000265. The molecule has 0 radical (unpaired) electrons. The molecule has 0 amide bonds. The SMILES string of the molecule is CC(C)(S)C(=O)O.Oc1cccc(O)c1. The Bertz CT molecular complexity index is 313. The molecule has 3 N–H and O–H groups in total. The lowest BCUT2D eigenvalue weighted by Gasteiger charge is -2.07. The molecule has 0 bridgehead atoms. The highest BCUT2D eigenvalue weighted by Crippen LogP contribution is 2.14. The zero-order valence-corrected chi connectivity index (χ0v) is 9.40. The molecule has 84 valence electrons. The van der Waals surface area contributed by atoms with Crippen LogP contribution in [0.2, 0.25) is 0 Å². The van der Waals surface area contributed by atoms with Crippen molar-refractivity contribution in [2.24, 2.45) is 0 Å². The summed E-state index contributed by atoms with van der Waals surface area (Å²) in [5, 5.41) is 25.5. The fourth-order valence-electron chi connectivity index (χ4n) is 0.493. The first-order valence-corrected chi connectivity index (χ1v) is 4.62. The molecule has 0 atom stereocenters. The number of carboxylic acids is 1. The summed E-state index contributed by atoms with van der Waals surface area (Å²) in [6.07, 6.45) is 0. The van der Waals surface area contributed by atoms with E-state index in [1.54, 1.807) is 6.07 Å². The molecule has 5 heteroatoms. The van der Waals surface area contributed by atoms with E-state index in [-0.39, 0.29) is 11.5 Å². The van der Waals surface area contributed by atoms with Gasteiger partial charge in [0, 0.05) is 6.07 Å². The van der Waals surface area contributed by atoms with Gasteiger partial charge in [-0.2, -0.15) is 12.6 Å². The zero-order chi connectivity index (χ0) is 12.1. The summed E-state index contributed by atoms with van der Waals surface area (Å²) in [6, 6.07) is 5.85. The topological polar surface area (TPSA) is 77.8 Å². The van der Waals surface area contributed by atoms with E-state index in [9.17, 15) is 4.79 Å². The van der Waals surface area contributed by atoms with E-state index in [1.807, 2.05) is 0 Å². The van der Waals surface area contributed by atoms with Crippen LogP contribution < -0.4 is 0 Å². The number of carboxylic acid groups (broad SMARTS) is 1. The van der Waals surface area contributed by atoms with Crippen LogP contribution in [0.3, 0.4) is 0 Å². The Labute approximate surface area is 93.6 Å². The van der Waals surface area contributed by atoms with Crippen molar-refractivity contribution in [2.75, 3.05) is 0 Å². The fourth-order valence-corrected chi connectivity index (χ4v) is 0.493. The molecule has 0 aliphatic carbocycles. The largest absolute Gasteiger partial charge is 0.508 e.